The molecule has 23 heavy (non-hydrogen) atoms. The van der Waals surface area contributed by atoms with Crippen molar-refractivity contribution in [3.63, 3.8) is 0 Å². The highest BCUT2D eigenvalue weighted by atomic mass is 79.9. The van der Waals surface area contributed by atoms with Crippen molar-refractivity contribution in [1.29, 1.82) is 0 Å². The highest BCUT2D eigenvalue weighted by molar-refractivity contribution is 9.11. The van der Waals surface area contributed by atoms with Gasteiger partial charge in [0, 0.05) is 29.4 Å². The lowest BCUT2D eigenvalue weighted by molar-refractivity contribution is 0.888. The maximum atomic E-state index is 4.75. The summed E-state index contributed by atoms with van der Waals surface area (Å²) in [6.45, 7) is 4.89. The molecule has 0 aromatic carbocycles. The van der Waals surface area contributed by atoms with E-state index in [1.165, 1.54) is 4.88 Å². The van der Waals surface area contributed by atoms with E-state index in [-0.39, 0.29) is 0 Å². The summed E-state index contributed by atoms with van der Waals surface area (Å²) in [6.07, 6.45) is 1.76. The Morgan fingerprint density at radius 2 is 1.96 bits per heavy atom. The third-order valence-electron chi connectivity index (χ3n) is 3.64. The Morgan fingerprint density at radius 1 is 1.13 bits per heavy atom. The second-order valence-corrected chi connectivity index (χ2v) is 7.91. The fourth-order valence-corrected chi connectivity index (χ4v) is 3.88. The van der Waals surface area contributed by atoms with Gasteiger partial charge >= 0.3 is 0 Å². The number of aryl methyl sites for hydroxylation is 1. The standard InChI is InChI=1S/C17H17BrN4S/c1-11-12(2)20-16(14-6-4-5-9-19-14)21-17(11)22(3)10-13-7-8-15(18)23-13/h4-9H,10H2,1-3H3. The van der Waals surface area contributed by atoms with E-state index in [0.717, 1.165) is 33.1 Å². The van der Waals surface area contributed by atoms with Gasteiger partial charge in [0.15, 0.2) is 5.82 Å². The lowest BCUT2D eigenvalue weighted by atomic mass is 10.2. The van der Waals surface area contributed by atoms with Gasteiger partial charge in [-0.2, -0.15) is 0 Å². The number of nitrogens with zero attached hydrogens (tertiary/aromatic N) is 4. The minimum Gasteiger partial charge on any atom is -0.354 e. The molecule has 3 aromatic rings. The summed E-state index contributed by atoms with van der Waals surface area (Å²) in [6, 6.07) is 9.99. The molecule has 0 aliphatic heterocycles. The fraction of sp³-hybridized carbons (Fsp3) is 0.235. The van der Waals surface area contributed by atoms with Crippen LogP contribution in [0.3, 0.4) is 0 Å². The molecule has 0 fully saturated rings. The Bertz CT molecular complexity index is 817. The molecule has 4 nitrogen and oxygen atoms in total. The molecule has 0 saturated carbocycles. The third-order valence-corrected chi connectivity index (χ3v) is 5.25. The van der Waals surface area contributed by atoms with Gasteiger partial charge < -0.3 is 4.90 Å². The quantitative estimate of drug-likeness (QED) is 0.653. The molecule has 3 rings (SSSR count). The van der Waals surface area contributed by atoms with Crippen LogP contribution in [0.5, 0.6) is 0 Å². The maximum Gasteiger partial charge on any atom is 0.180 e. The van der Waals surface area contributed by atoms with E-state index in [0.29, 0.717) is 5.82 Å². The second-order valence-electron chi connectivity index (χ2n) is 5.36. The van der Waals surface area contributed by atoms with Gasteiger partial charge in [-0.15, -0.1) is 11.3 Å². The SMILES string of the molecule is Cc1nc(-c2ccccn2)nc(N(C)Cc2ccc(Br)s2)c1C. The Morgan fingerprint density at radius 3 is 2.61 bits per heavy atom. The highest BCUT2D eigenvalue weighted by Gasteiger charge is 2.14. The molecule has 0 aliphatic carbocycles. The van der Waals surface area contributed by atoms with Gasteiger partial charge in [-0.05, 0) is 54.0 Å². The van der Waals surface area contributed by atoms with Crippen molar-refractivity contribution in [3.05, 3.63) is 56.4 Å². The van der Waals surface area contributed by atoms with Crippen molar-refractivity contribution in [2.75, 3.05) is 11.9 Å². The van der Waals surface area contributed by atoms with Crippen molar-refractivity contribution in [2.45, 2.75) is 20.4 Å². The number of aromatic nitrogens is 3. The zero-order valence-electron chi connectivity index (χ0n) is 13.2. The van der Waals surface area contributed by atoms with E-state index in [2.05, 4.69) is 56.9 Å². The molecule has 3 heterocycles. The van der Waals surface area contributed by atoms with Crippen LogP contribution in [0.4, 0.5) is 5.82 Å². The first kappa shape index (κ1) is 16.1. The summed E-state index contributed by atoms with van der Waals surface area (Å²) in [5.74, 6) is 1.62. The van der Waals surface area contributed by atoms with E-state index < -0.39 is 0 Å². The van der Waals surface area contributed by atoms with Crippen LogP contribution in [-0.4, -0.2) is 22.0 Å². The van der Waals surface area contributed by atoms with Crippen molar-refractivity contribution in [3.8, 4) is 11.5 Å². The van der Waals surface area contributed by atoms with Gasteiger partial charge in [0.1, 0.15) is 11.5 Å². The zero-order chi connectivity index (χ0) is 16.4. The molecule has 0 amide bonds. The van der Waals surface area contributed by atoms with E-state index in [1.807, 2.05) is 25.1 Å². The highest BCUT2D eigenvalue weighted by Crippen LogP contribution is 2.27. The predicted molar refractivity (Wildman–Crippen MR) is 98.9 cm³/mol. The average molecular weight is 389 g/mol. The third kappa shape index (κ3) is 3.59. The van der Waals surface area contributed by atoms with Gasteiger partial charge in [-0.3, -0.25) is 4.98 Å². The molecule has 0 radical (unpaired) electrons. The minimum absolute atomic E-state index is 0.669. The van der Waals surface area contributed by atoms with Crippen LogP contribution in [0.2, 0.25) is 0 Å². The number of thiophene rings is 1. The number of halogens is 1. The Kier molecular flexibility index (Phi) is 4.73. The van der Waals surface area contributed by atoms with Crippen LogP contribution >= 0.6 is 27.3 Å². The fourth-order valence-electron chi connectivity index (χ4n) is 2.34. The van der Waals surface area contributed by atoms with Gasteiger partial charge in [0.05, 0.1) is 10.3 Å². The smallest absolute Gasteiger partial charge is 0.180 e. The van der Waals surface area contributed by atoms with E-state index in [1.54, 1.807) is 17.5 Å². The second kappa shape index (κ2) is 6.76. The minimum atomic E-state index is 0.669. The van der Waals surface area contributed by atoms with Crippen LogP contribution in [-0.2, 0) is 6.54 Å². The largest absolute Gasteiger partial charge is 0.354 e. The van der Waals surface area contributed by atoms with Gasteiger partial charge in [-0.1, -0.05) is 6.07 Å². The van der Waals surface area contributed by atoms with Gasteiger partial charge in [0.2, 0.25) is 0 Å². The first-order valence-corrected chi connectivity index (χ1v) is 8.87. The lowest BCUT2D eigenvalue weighted by Gasteiger charge is -2.21. The number of hydrogen-bond acceptors (Lipinski definition) is 5. The molecule has 0 spiro atoms. The summed E-state index contributed by atoms with van der Waals surface area (Å²) in [7, 11) is 2.06. The van der Waals surface area contributed by atoms with E-state index >= 15 is 0 Å². The molecule has 6 heteroatoms. The van der Waals surface area contributed by atoms with Gasteiger partial charge in [-0.25, -0.2) is 9.97 Å². The molecule has 0 atom stereocenters. The topological polar surface area (TPSA) is 41.9 Å². The predicted octanol–water partition coefficient (Wildman–Crippen LogP) is 4.62. The van der Waals surface area contributed by atoms with Crippen molar-refractivity contribution in [2.24, 2.45) is 0 Å². The molecule has 0 unspecified atom stereocenters. The molecule has 0 saturated heterocycles. The lowest BCUT2D eigenvalue weighted by Crippen LogP contribution is -2.19. The van der Waals surface area contributed by atoms with Gasteiger partial charge in [0.25, 0.3) is 0 Å². The van der Waals surface area contributed by atoms with Crippen LogP contribution in [0.25, 0.3) is 11.5 Å². The molecule has 3 aromatic heterocycles. The Hall–Kier alpha value is -1.79. The number of anilines is 1. The Balaban J connectivity index is 1.96. The van der Waals surface area contributed by atoms with Crippen LogP contribution in [0.1, 0.15) is 16.1 Å². The van der Waals surface area contributed by atoms with Crippen LogP contribution in [0, 0.1) is 13.8 Å². The van der Waals surface area contributed by atoms with Crippen molar-refractivity contribution >= 4 is 33.1 Å². The molecule has 0 N–H and O–H groups in total. The zero-order valence-corrected chi connectivity index (χ0v) is 15.6. The van der Waals surface area contributed by atoms with Crippen molar-refractivity contribution in [1.82, 2.24) is 15.0 Å². The molecule has 0 aliphatic rings. The summed E-state index contributed by atoms with van der Waals surface area (Å²) in [4.78, 5) is 17.2. The number of pyridine rings is 1. The number of rotatable bonds is 4. The average Bonchev–Trinajstić information content (AvgIpc) is 2.95. The molecular formula is C17H17BrN4S. The Labute approximate surface area is 148 Å². The first-order chi connectivity index (χ1) is 11.0. The van der Waals surface area contributed by atoms with E-state index in [9.17, 15) is 0 Å². The van der Waals surface area contributed by atoms with E-state index in [4.69, 9.17) is 4.98 Å². The normalized spacial score (nSPS) is 10.8. The summed E-state index contributed by atoms with van der Waals surface area (Å²) < 4.78 is 1.14. The van der Waals surface area contributed by atoms with Crippen molar-refractivity contribution < 1.29 is 0 Å². The monoisotopic (exact) mass is 388 g/mol. The number of hydrogen-bond donors (Lipinski definition) is 0. The summed E-state index contributed by atoms with van der Waals surface area (Å²) in [5.41, 5.74) is 2.88. The summed E-state index contributed by atoms with van der Waals surface area (Å²) in [5, 5.41) is 0. The van der Waals surface area contributed by atoms with Crippen LogP contribution in [0.15, 0.2) is 40.3 Å². The molecular weight excluding hydrogens is 372 g/mol. The summed E-state index contributed by atoms with van der Waals surface area (Å²) >= 11 is 5.25. The molecule has 118 valence electrons. The molecule has 0 bridgehead atoms. The maximum absolute atomic E-state index is 4.75. The first-order valence-electron chi connectivity index (χ1n) is 7.26. The van der Waals surface area contributed by atoms with Crippen LogP contribution < -0.4 is 4.90 Å².